The van der Waals surface area contributed by atoms with Gasteiger partial charge in [-0.15, -0.1) is 0 Å². The topological polar surface area (TPSA) is 35.5 Å². The van der Waals surface area contributed by atoms with Crippen molar-refractivity contribution >= 4 is 16.7 Å². The van der Waals surface area contributed by atoms with Gasteiger partial charge in [0.2, 0.25) is 0 Å². The molecular weight excluding hydrogens is 324 g/mol. The van der Waals surface area contributed by atoms with Gasteiger partial charge >= 0.3 is 5.97 Å². The molecule has 4 bridgehead atoms. The zero-order valence-electron chi connectivity index (χ0n) is 15.3. The predicted octanol–water partition coefficient (Wildman–Crippen LogP) is 4.98. The summed E-state index contributed by atoms with van der Waals surface area (Å²) in [6.45, 7) is 2.16. The highest BCUT2D eigenvalue weighted by atomic mass is 16.6. The molecule has 0 spiro atoms. The van der Waals surface area contributed by atoms with Gasteiger partial charge < -0.3 is 9.47 Å². The Morgan fingerprint density at radius 2 is 1.62 bits per heavy atom. The normalized spacial score (nSPS) is 34.8. The van der Waals surface area contributed by atoms with E-state index in [1.807, 2.05) is 30.3 Å². The number of rotatable bonds is 4. The molecule has 136 valence electrons. The van der Waals surface area contributed by atoms with Gasteiger partial charge in [-0.2, -0.15) is 0 Å². The first-order valence-corrected chi connectivity index (χ1v) is 9.94. The summed E-state index contributed by atoms with van der Waals surface area (Å²) in [5.41, 5.74) is -0.285. The number of carbonyl (C=O) groups excluding carboxylic acids is 1. The van der Waals surface area contributed by atoms with E-state index in [-0.39, 0.29) is 18.2 Å². The zero-order chi connectivity index (χ0) is 17.7. The maximum Gasteiger partial charge on any atom is 0.344 e. The Bertz CT molecular complexity index is 807. The fourth-order valence-corrected chi connectivity index (χ4v) is 6.02. The highest BCUT2D eigenvalue weighted by Gasteiger charge is 2.57. The van der Waals surface area contributed by atoms with Crippen LogP contribution in [0.15, 0.2) is 42.5 Å². The Morgan fingerprint density at radius 3 is 2.35 bits per heavy atom. The van der Waals surface area contributed by atoms with E-state index in [0.717, 1.165) is 28.4 Å². The second-order valence-corrected chi connectivity index (χ2v) is 8.73. The Kier molecular flexibility index (Phi) is 3.73. The summed E-state index contributed by atoms with van der Waals surface area (Å²) >= 11 is 0. The Labute approximate surface area is 154 Å². The minimum atomic E-state index is -0.285. The van der Waals surface area contributed by atoms with Crippen LogP contribution in [0, 0.1) is 23.7 Å². The highest BCUT2D eigenvalue weighted by Crippen LogP contribution is 2.59. The number of hydrogen-bond donors (Lipinski definition) is 0. The number of carbonyl (C=O) groups is 1. The van der Waals surface area contributed by atoms with Gasteiger partial charge in [0.25, 0.3) is 0 Å². The molecule has 4 saturated carbocycles. The van der Waals surface area contributed by atoms with Crippen LogP contribution in [-0.2, 0) is 9.53 Å². The molecule has 0 aliphatic heterocycles. The zero-order valence-corrected chi connectivity index (χ0v) is 15.3. The molecule has 2 aromatic carbocycles. The molecule has 0 heterocycles. The molecule has 0 saturated heterocycles. The summed E-state index contributed by atoms with van der Waals surface area (Å²) in [5, 5.41) is 2.15. The van der Waals surface area contributed by atoms with Gasteiger partial charge in [0, 0.05) is 5.39 Å². The van der Waals surface area contributed by atoms with Crippen LogP contribution < -0.4 is 4.74 Å². The summed E-state index contributed by atoms with van der Waals surface area (Å²) in [4.78, 5) is 12.6. The minimum Gasteiger partial charge on any atom is -0.481 e. The van der Waals surface area contributed by atoms with Gasteiger partial charge in [-0.1, -0.05) is 36.4 Å². The lowest BCUT2D eigenvalue weighted by molar-refractivity contribution is -0.204. The predicted molar refractivity (Wildman–Crippen MR) is 101 cm³/mol. The molecule has 0 aromatic heterocycles. The van der Waals surface area contributed by atoms with Crippen LogP contribution in [0.4, 0.5) is 0 Å². The molecule has 6 rings (SSSR count). The first kappa shape index (κ1) is 16.2. The van der Waals surface area contributed by atoms with E-state index in [1.54, 1.807) is 0 Å². The van der Waals surface area contributed by atoms with E-state index in [9.17, 15) is 4.79 Å². The van der Waals surface area contributed by atoms with E-state index in [1.165, 1.54) is 32.1 Å². The minimum absolute atomic E-state index is 0.0180. The van der Waals surface area contributed by atoms with Gasteiger partial charge in [0.1, 0.15) is 11.4 Å². The quantitative estimate of drug-likeness (QED) is 0.730. The van der Waals surface area contributed by atoms with Crippen LogP contribution >= 0.6 is 0 Å². The fraction of sp³-hybridized carbons (Fsp3) is 0.522. The third-order valence-electron chi connectivity index (χ3n) is 7.19. The standard InChI is InChI=1S/C23H26O3/c1-23(18-10-15-9-16(12-18)13-19(23)11-15)26-22(24)14-25-21-8-4-6-17-5-2-3-7-20(17)21/h2-8,15-16,18-19H,9-14H2,1H3. The van der Waals surface area contributed by atoms with Gasteiger partial charge in [0.15, 0.2) is 6.61 Å². The maximum absolute atomic E-state index is 12.6. The van der Waals surface area contributed by atoms with Crippen molar-refractivity contribution in [3.63, 3.8) is 0 Å². The van der Waals surface area contributed by atoms with Crippen molar-refractivity contribution in [2.24, 2.45) is 23.7 Å². The van der Waals surface area contributed by atoms with Gasteiger partial charge in [-0.3, -0.25) is 0 Å². The molecule has 0 radical (unpaired) electrons. The van der Waals surface area contributed by atoms with E-state index >= 15 is 0 Å². The number of benzene rings is 2. The van der Waals surface area contributed by atoms with Crippen LogP contribution in [-0.4, -0.2) is 18.2 Å². The summed E-state index contributed by atoms with van der Waals surface area (Å²) in [6.07, 6.45) is 6.35. The second-order valence-electron chi connectivity index (χ2n) is 8.73. The first-order chi connectivity index (χ1) is 12.6. The third-order valence-corrected chi connectivity index (χ3v) is 7.19. The lowest BCUT2D eigenvalue weighted by atomic mass is 9.50. The van der Waals surface area contributed by atoms with Crippen molar-refractivity contribution in [2.45, 2.75) is 44.6 Å². The Balaban J connectivity index is 1.28. The van der Waals surface area contributed by atoms with E-state index in [4.69, 9.17) is 9.47 Å². The third kappa shape index (κ3) is 2.60. The van der Waals surface area contributed by atoms with E-state index in [2.05, 4.69) is 19.1 Å². The van der Waals surface area contributed by atoms with Crippen molar-refractivity contribution in [3.8, 4) is 5.75 Å². The molecular formula is C23H26O3. The molecule has 26 heavy (non-hydrogen) atoms. The molecule has 3 nitrogen and oxygen atoms in total. The maximum atomic E-state index is 12.6. The lowest BCUT2D eigenvalue weighted by Gasteiger charge is -2.59. The number of ether oxygens (including phenoxy) is 2. The molecule has 0 N–H and O–H groups in total. The molecule has 4 fully saturated rings. The van der Waals surface area contributed by atoms with Crippen molar-refractivity contribution < 1.29 is 14.3 Å². The van der Waals surface area contributed by atoms with E-state index in [0.29, 0.717) is 11.8 Å². The monoisotopic (exact) mass is 350 g/mol. The Hall–Kier alpha value is -2.03. The molecule has 0 amide bonds. The average Bonchev–Trinajstić information content (AvgIpc) is 2.64. The lowest BCUT2D eigenvalue weighted by Crippen LogP contribution is -2.58. The van der Waals surface area contributed by atoms with Gasteiger partial charge in [-0.25, -0.2) is 4.79 Å². The summed E-state index contributed by atoms with van der Waals surface area (Å²) in [6, 6.07) is 14.0. The van der Waals surface area contributed by atoms with Crippen LogP contribution in [0.2, 0.25) is 0 Å². The van der Waals surface area contributed by atoms with Crippen LogP contribution in [0.25, 0.3) is 10.8 Å². The second kappa shape index (κ2) is 6.00. The number of esters is 1. The molecule has 0 unspecified atom stereocenters. The summed E-state index contributed by atoms with van der Waals surface area (Å²) in [7, 11) is 0. The smallest absolute Gasteiger partial charge is 0.344 e. The molecule has 3 heteroatoms. The van der Waals surface area contributed by atoms with Crippen LogP contribution in [0.3, 0.4) is 0 Å². The molecule has 4 aliphatic rings. The van der Waals surface area contributed by atoms with Crippen LogP contribution in [0.5, 0.6) is 5.75 Å². The van der Waals surface area contributed by atoms with Crippen molar-refractivity contribution in [2.75, 3.05) is 6.61 Å². The average molecular weight is 350 g/mol. The van der Waals surface area contributed by atoms with Crippen molar-refractivity contribution in [3.05, 3.63) is 42.5 Å². The van der Waals surface area contributed by atoms with Gasteiger partial charge in [-0.05, 0) is 74.2 Å². The fourth-order valence-electron chi connectivity index (χ4n) is 6.02. The van der Waals surface area contributed by atoms with Gasteiger partial charge in [0.05, 0.1) is 0 Å². The summed E-state index contributed by atoms with van der Waals surface area (Å²) in [5.74, 6) is 3.34. The van der Waals surface area contributed by atoms with Crippen molar-refractivity contribution in [1.82, 2.24) is 0 Å². The van der Waals surface area contributed by atoms with Crippen LogP contribution in [0.1, 0.15) is 39.0 Å². The largest absolute Gasteiger partial charge is 0.481 e. The van der Waals surface area contributed by atoms with Crippen molar-refractivity contribution in [1.29, 1.82) is 0 Å². The van der Waals surface area contributed by atoms with E-state index < -0.39 is 0 Å². The Morgan fingerprint density at radius 1 is 0.962 bits per heavy atom. The molecule has 4 aliphatic carbocycles. The summed E-state index contributed by atoms with van der Waals surface area (Å²) < 4.78 is 11.9. The number of fused-ring (bicyclic) bond motifs is 1. The first-order valence-electron chi connectivity index (χ1n) is 9.94. The highest BCUT2D eigenvalue weighted by molar-refractivity contribution is 5.88. The molecule has 2 aromatic rings. The number of hydrogen-bond acceptors (Lipinski definition) is 3. The molecule has 0 atom stereocenters. The SMILES string of the molecule is CC1(OC(=O)COc2cccc3ccccc23)C2CC3CC(C2)CC1C3.